The molecule has 2 rings (SSSR count). The summed E-state index contributed by atoms with van der Waals surface area (Å²) in [5.74, 6) is 0. The second-order valence-electron chi connectivity index (χ2n) is 5.57. The van der Waals surface area contributed by atoms with E-state index in [9.17, 15) is 35.7 Å². The van der Waals surface area contributed by atoms with Crippen LogP contribution in [0.5, 0.6) is 0 Å². The van der Waals surface area contributed by atoms with E-state index in [1.807, 2.05) is 0 Å². The van der Waals surface area contributed by atoms with Gasteiger partial charge < -0.3 is 55.1 Å². The van der Waals surface area contributed by atoms with Gasteiger partial charge in [0.2, 0.25) is 0 Å². The Labute approximate surface area is 130 Å². The van der Waals surface area contributed by atoms with Gasteiger partial charge >= 0.3 is 0 Å². The Kier molecular flexibility index (Phi) is 6.27. The summed E-state index contributed by atoms with van der Waals surface area (Å²) in [6.07, 6.45) is -15.3. The zero-order valence-corrected chi connectivity index (χ0v) is 12.0. The molecule has 0 amide bonds. The number of aliphatic hydroxyl groups is 8. The fraction of sp³-hybridized carbons (Fsp3) is 1.00. The third-order valence-corrected chi connectivity index (χ3v) is 3.96. The van der Waals surface area contributed by atoms with Crippen LogP contribution in [-0.2, 0) is 14.2 Å². The van der Waals surface area contributed by atoms with E-state index in [0.29, 0.717) is 0 Å². The predicted octanol–water partition coefficient (Wildman–Crippen LogP) is -5.40. The van der Waals surface area contributed by atoms with Gasteiger partial charge in [-0.2, -0.15) is 0 Å². The number of rotatable bonds is 4. The molecule has 5 unspecified atom stereocenters. The molecule has 0 bridgehead atoms. The largest absolute Gasteiger partial charge is 0.394 e. The zero-order valence-electron chi connectivity index (χ0n) is 12.0. The molecular weight excluding hydrogens is 320 g/mol. The van der Waals surface area contributed by atoms with Crippen molar-refractivity contribution in [2.45, 2.75) is 61.4 Å². The van der Waals surface area contributed by atoms with Crippen molar-refractivity contribution in [2.75, 3.05) is 13.2 Å². The maximum Gasteiger partial charge on any atom is 0.186 e. The predicted molar refractivity (Wildman–Crippen MR) is 68.6 cm³/mol. The Morgan fingerprint density at radius 1 is 0.652 bits per heavy atom. The molecule has 11 heteroatoms. The van der Waals surface area contributed by atoms with Crippen LogP contribution in [0.3, 0.4) is 0 Å². The van der Waals surface area contributed by atoms with Crippen molar-refractivity contribution in [3.8, 4) is 0 Å². The molecule has 0 radical (unpaired) electrons. The van der Waals surface area contributed by atoms with Gasteiger partial charge in [0.15, 0.2) is 12.6 Å². The average molecular weight is 342 g/mol. The third kappa shape index (κ3) is 3.81. The molecule has 0 saturated carbocycles. The van der Waals surface area contributed by atoms with Gasteiger partial charge in [0, 0.05) is 0 Å². The van der Waals surface area contributed by atoms with Crippen LogP contribution in [0.1, 0.15) is 0 Å². The molecule has 0 aliphatic carbocycles. The summed E-state index contributed by atoms with van der Waals surface area (Å²) < 4.78 is 15.1. The number of aliphatic hydroxyl groups excluding tert-OH is 8. The van der Waals surface area contributed by atoms with E-state index in [-0.39, 0.29) is 0 Å². The van der Waals surface area contributed by atoms with Gasteiger partial charge in [0.1, 0.15) is 48.8 Å². The molecule has 2 aliphatic heterocycles. The monoisotopic (exact) mass is 342 g/mol. The Morgan fingerprint density at radius 3 is 1.83 bits per heavy atom. The summed E-state index contributed by atoms with van der Waals surface area (Å²) in [5.41, 5.74) is 0. The van der Waals surface area contributed by atoms with Crippen molar-refractivity contribution >= 4 is 0 Å². The average Bonchev–Trinajstić information content (AvgIpc) is 2.54. The van der Waals surface area contributed by atoms with Gasteiger partial charge in [0.25, 0.3) is 0 Å². The van der Waals surface area contributed by atoms with Crippen molar-refractivity contribution in [2.24, 2.45) is 0 Å². The highest BCUT2D eigenvalue weighted by Gasteiger charge is 2.46. The van der Waals surface area contributed by atoms with E-state index in [2.05, 4.69) is 0 Å². The Hall–Kier alpha value is -0.440. The van der Waals surface area contributed by atoms with Gasteiger partial charge in [-0.1, -0.05) is 0 Å². The van der Waals surface area contributed by atoms with Gasteiger partial charge in [-0.05, 0) is 0 Å². The molecule has 23 heavy (non-hydrogen) atoms. The molecule has 0 aromatic heterocycles. The fourth-order valence-electron chi connectivity index (χ4n) is 2.46. The van der Waals surface area contributed by atoms with Crippen LogP contribution in [-0.4, -0.2) is 115 Å². The maximum absolute atomic E-state index is 9.78. The smallest absolute Gasteiger partial charge is 0.186 e. The Morgan fingerprint density at radius 2 is 1.22 bits per heavy atom. The topological polar surface area (TPSA) is 190 Å². The number of hydrogen-bond donors (Lipinski definition) is 8. The first-order chi connectivity index (χ1) is 10.8. The molecule has 8 N–H and O–H groups in total. The van der Waals surface area contributed by atoms with E-state index in [1.165, 1.54) is 0 Å². The first kappa shape index (κ1) is 18.9. The summed E-state index contributed by atoms with van der Waals surface area (Å²) in [6.45, 7) is -1.10. The minimum Gasteiger partial charge on any atom is -0.394 e. The number of hydrogen-bond acceptors (Lipinski definition) is 11. The molecule has 2 aliphatic rings. The van der Waals surface area contributed by atoms with E-state index in [1.54, 1.807) is 0 Å². The first-order valence-electron chi connectivity index (χ1n) is 7.07. The zero-order chi connectivity index (χ0) is 17.3. The van der Waals surface area contributed by atoms with Crippen LogP contribution >= 0.6 is 0 Å². The number of ether oxygens (including phenoxy) is 3. The molecule has 0 spiro atoms. The van der Waals surface area contributed by atoms with Crippen LogP contribution in [0, 0.1) is 0 Å². The lowest BCUT2D eigenvalue weighted by Crippen LogP contribution is -2.61. The van der Waals surface area contributed by atoms with Crippen molar-refractivity contribution in [3.63, 3.8) is 0 Å². The highest BCUT2D eigenvalue weighted by molar-refractivity contribution is 4.91. The molecule has 10 atom stereocenters. The minimum absolute atomic E-state index is 0.468. The summed E-state index contributed by atoms with van der Waals surface area (Å²) >= 11 is 0. The molecule has 2 heterocycles. The quantitative estimate of drug-likeness (QED) is 0.243. The Balaban J connectivity index is 1.94. The van der Waals surface area contributed by atoms with Crippen molar-refractivity contribution < 1.29 is 55.1 Å². The maximum atomic E-state index is 9.78. The van der Waals surface area contributed by atoms with E-state index >= 15 is 0 Å². The van der Waals surface area contributed by atoms with Crippen LogP contribution in [0.15, 0.2) is 0 Å². The molecule has 11 nitrogen and oxygen atoms in total. The SMILES string of the molecule is OC[C@H]1O[C@@H](OCC2OC(O)C(O)C(O)C2O)[C@H](O)[C@@H](O)[C@H]1O. The lowest BCUT2D eigenvalue weighted by molar-refractivity contribution is -0.325. The molecule has 2 fully saturated rings. The molecule has 136 valence electrons. The van der Waals surface area contributed by atoms with Crippen LogP contribution in [0.4, 0.5) is 0 Å². The summed E-state index contributed by atoms with van der Waals surface area (Å²) in [6, 6.07) is 0. The van der Waals surface area contributed by atoms with E-state index < -0.39 is 74.6 Å². The van der Waals surface area contributed by atoms with Crippen LogP contribution in [0.25, 0.3) is 0 Å². The molecular formula is C12H22O11. The summed E-state index contributed by atoms with van der Waals surface area (Å²) in [7, 11) is 0. The van der Waals surface area contributed by atoms with E-state index in [4.69, 9.17) is 19.3 Å². The van der Waals surface area contributed by atoms with Crippen LogP contribution in [0.2, 0.25) is 0 Å². The highest BCUT2D eigenvalue weighted by Crippen LogP contribution is 2.24. The van der Waals surface area contributed by atoms with Crippen molar-refractivity contribution in [1.82, 2.24) is 0 Å². The first-order valence-corrected chi connectivity index (χ1v) is 7.07. The normalized spacial score (nSPS) is 51.7. The molecule has 0 aromatic rings. The molecule has 2 saturated heterocycles. The molecule has 0 aromatic carbocycles. The second-order valence-corrected chi connectivity index (χ2v) is 5.57. The van der Waals surface area contributed by atoms with Gasteiger partial charge in [-0.3, -0.25) is 0 Å². The fourth-order valence-corrected chi connectivity index (χ4v) is 2.46. The Bertz CT molecular complexity index is 380. The minimum atomic E-state index is -1.74. The highest BCUT2D eigenvalue weighted by atomic mass is 16.7. The lowest BCUT2D eigenvalue weighted by atomic mass is 9.98. The summed E-state index contributed by atoms with van der Waals surface area (Å²) in [5, 5.41) is 76.1. The van der Waals surface area contributed by atoms with Gasteiger partial charge in [-0.15, -0.1) is 0 Å². The van der Waals surface area contributed by atoms with Crippen molar-refractivity contribution in [1.29, 1.82) is 0 Å². The standard InChI is InChI=1S/C12H22O11/c13-1-3-5(14)8(17)10(19)12(23-3)21-2-4-6(15)7(16)9(18)11(20)22-4/h3-20H,1-2H2/t3-,4?,5+,6?,7?,8+,9?,10-,11?,12-/m1/s1. The summed E-state index contributed by atoms with van der Waals surface area (Å²) in [4.78, 5) is 0. The van der Waals surface area contributed by atoms with Crippen LogP contribution < -0.4 is 0 Å². The van der Waals surface area contributed by atoms with E-state index in [0.717, 1.165) is 0 Å². The van der Waals surface area contributed by atoms with Gasteiger partial charge in [-0.25, -0.2) is 0 Å². The third-order valence-electron chi connectivity index (χ3n) is 3.96. The van der Waals surface area contributed by atoms with Crippen molar-refractivity contribution in [3.05, 3.63) is 0 Å². The van der Waals surface area contributed by atoms with Gasteiger partial charge in [0.05, 0.1) is 13.2 Å². The second kappa shape index (κ2) is 7.63. The lowest BCUT2D eigenvalue weighted by Gasteiger charge is -2.41.